The summed E-state index contributed by atoms with van der Waals surface area (Å²) in [5, 5.41) is 9.53. The van der Waals surface area contributed by atoms with Crippen LogP contribution in [0.2, 0.25) is 0 Å². The van der Waals surface area contributed by atoms with Gasteiger partial charge in [-0.15, -0.1) is 0 Å². The van der Waals surface area contributed by atoms with Crippen LogP contribution in [0.5, 0.6) is 0 Å². The lowest BCUT2D eigenvalue weighted by Crippen LogP contribution is -2.33. The van der Waals surface area contributed by atoms with Crippen molar-refractivity contribution in [2.45, 2.75) is 26.1 Å². The molecule has 1 aliphatic heterocycles. The molecule has 0 bridgehead atoms. The van der Waals surface area contributed by atoms with Crippen molar-refractivity contribution in [2.24, 2.45) is 5.92 Å². The van der Waals surface area contributed by atoms with Crippen molar-refractivity contribution >= 4 is 10.0 Å². The lowest BCUT2D eigenvalue weighted by atomic mass is 10.3. The fourth-order valence-corrected chi connectivity index (χ4v) is 3.52. The third-order valence-electron chi connectivity index (χ3n) is 2.44. The number of ether oxygens (including phenoxy) is 1. The van der Waals surface area contributed by atoms with Crippen LogP contribution >= 0.6 is 0 Å². The van der Waals surface area contributed by atoms with Crippen LogP contribution in [0.3, 0.4) is 0 Å². The summed E-state index contributed by atoms with van der Waals surface area (Å²) in [5.41, 5.74) is 0. The van der Waals surface area contributed by atoms with Crippen LogP contribution in [0.1, 0.15) is 13.8 Å². The van der Waals surface area contributed by atoms with Crippen molar-refractivity contribution in [3.05, 3.63) is 0 Å². The summed E-state index contributed by atoms with van der Waals surface area (Å²) in [6, 6.07) is 0. The molecule has 1 heterocycles. The second kappa shape index (κ2) is 4.78. The standard InChI is InChI=1S/C9H19NO4S/c1-7(2)6-15(12,13)10-4-8(11)9(5-10)14-3/h7-9,11H,4-6H2,1-3H3/t8-,9-/m0/s1. The molecule has 0 radical (unpaired) electrons. The molecule has 1 saturated heterocycles. The molecule has 6 heteroatoms. The van der Waals surface area contributed by atoms with Crippen LogP contribution in [-0.2, 0) is 14.8 Å². The molecule has 0 aromatic carbocycles. The maximum Gasteiger partial charge on any atom is 0.214 e. The molecule has 0 spiro atoms. The highest BCUT2D eigenvalue weighted by Crippen LogP contribution is 2.18. The van der Waals surface area contributed by atoms with E-state index in [2.05, 4.69) is 0 Å². The average molecular weight is 237 g/mol. The van der Waals surface area contributed by atoms with Gasteiger partial charge in [0.2, 0.25) is 10.0 Å². The quantitative estimate of drug-likeness (QED) is 0.726. The van der Waals surface area contributed by atoms with Gasteiger partial charge in [-0.25, -0.2) is 8.42 Å². The van der Waals surface area contributed by atoms with Crippen LogP contribution in [0.25, 0.3) is 0 Å². The van der Waals surface area contributed by atoms with Gasteiger partial charge in [0.05, 0.1) is 18.0 Å². The Morgan fingerprint density at radius 2 is 2.07 bits per heavy atom. The molecule has 90 valence electrons. The Hall–Kier alpha value is -0.170. The summed E-state index contributed by atoms with van der Waals surface area (Å²) >= 11 is 0. The Bertz CT molecular complexity index is 301. The van der Waals surface area contributed by atoms with Gasteiger partial charge in [-0.05, 0) is 5.92 Å². The zero-order chi connectivity index (χ0) is 11.6. The summed E-state index contributed by atoms with van der Waals surface area (Å²) < 4.78 is 29.9. The topological polar surface area (TPSA) is 66.8 Å². The lowest BCUT2D eigenvalue weighted by Gasteiger charge is -2.17. The highest BCUT2D eigenvalue weighted by Gasteiger charge is 2.37. The van der Waals surface area contributed by atoms with Crippen molar-refractivity contribution in [1.29, 1.82) is 0 Å². The van der Waals surface area contributed by atoms with Gasteiger partial charge in [-0.3, -0.25) is 0 Å². The molecule has 0 aromatic heterocycles. The van der Waals surface area contributed by atoms with Crippen molar-refractivity contribution in [3.8, 4) is 0 Å². The average Bonchev–Trinajstić information content (AvgIpc) is 2.45. The zero-order valence-electron chi connectivity index (χ0n) is 9.38. The van der Waals surface area contributed by atoms with Crippen LogP contribution in [0.4, 0.5) is 0 Å². The number of sulfonamides is 1. The van der Waals surface area contributed by atoms with E-state index in [0.717, 1.165) is 0 Å². The van der Waals surface area contributed by atoms with E-state index in [1.54, 1.807) is 0 Å². The van der Waals surface area contributed by atoms with Gasteiger partial charge in [0.1, 0.15) is 0 Å². The number of aliphatic hydroxyl groups excluding tert-OH is 1. The maximum atomic E-state index is 11.8. The molecule has 1 aliphatic rings. The molecule has 5 nitrogen and oxygen atoms in total. The SMILES string of the molecule is CO[C@H]1CN(S(=O)(=O)CC(C)C)C[C@@H]1O. The number of rotatable bonds is 4. The first-order valence-electron chi connectivity index (χ1n) is 5.05. The Morgan fingerprint density at radius 3 is 2.47 bits per heavy atom. The van der Waals surface area contributed by atoms with Gasteiger partial charge in [0.15, 0.2) is 0 Å². The Kier molecular flexibility index (Phi) is 4.11. The first-order chi connectivity index (χ1) is 6.86. The number of hydrogen-bond donors (Lipinski definition) is 1. The predicted octanol–water partition coefficient (Wildman–Crippen LogP) is -0.336. The molecular weight excluding hydrogens is 218 g/mol. The molecule has 15 heavy (non-hydrogen) atoms. The number of aliphatic hydroxyl groups is 1. The fourth-order valence-electron chi connectivity index (χ4n) is 1.71. The monoisotopic (exact) mass is 237 g/mol. The molecule has 2 atom stereocenters. The van der Waals surface area contributed by atoms with Crippen LogP contribution in [-0.4, -0.2) is 56.0 Å². The smallest absolute Gasteiger partial charge is 0.214 e. The molecule has 0 unspecified atom stereocenters. The van der Waals surface area contributed by atoms with E-state index in [1.807, 2.05) is 13.8 Å². The van der Waals surface area contributed by atoms with Gasteiger partial charge < -0.3 is 9.84 Å². The normalized spacial score (nSPS) is 28.9. The summed E-state index contributed by atoms with van der Waals surface area (Å²) in [6.07, 6.45) is -1.11. The van der Waals surface area contributed by atoms with Crippen LogP contribution in [0.15, 0.2) is 0 Å². The zero-order valence-corrected chi connectivity index (χ0v) is 10.2. The first-order valence-corrected chi connectivity index (χ1v) is 6.66. The van der Waals surface area contributed by atoms with Gasteiger partial charge in [0, 0.05) is 20.2 Å². The molecule has 0 saturated carbocycles. The second-order valence-electron chi connectivity index (χ2n) is 4.33. The van der Waals surface area contributed by atoms with Gasteiger partial charge in [0.25, 0.3) is 0 Å². The summed E-state index contributed by atoms with van der Waals surface area (Å²) in [4.78, 5) is 0. The van der Waals surface area contributed by atoms with Crippen molar-refractivity contribution in [2.75, 3.05) is 26.0 Å². The number of hydrogen-bond acceptors (Lipinski definition) is 4. The Balaban J connectivity index is 2.67. The van der Waals surface area contributed by atoms with E-state index in [9.17, 15) is 13.5 Å². The highest BCUT2D eigenvalue weighted by atomic mass is 32.2. The highest BCUT2D eigenvalue weighted by molar-refractivity contribution is 7.89. The van der Waals surface area contributed by atoms with Crippen LogP contribution < -0.4 is 0 Å². The molecule has 1 rings (SSSR count). The largest absolute Gasteiger partial charge is 0.389 e. The summed E-state index contributed by atoms with van der Waals surface area (Å²) in [7, 11) is -1.76. The maximum absolute atomic E-state index is 11.8. The molecule has 0 amide bonds. The minimum absolute atomic E-state index is 0.0914. The minimum Gasteiger partial charge on any atom is -0.389 e. The van der Waals surface area contributed by atoms with E-state index in [0.29, 0.717) is 0 Å². The summed E-state index contributed by atoms with van der Waals surface area (Å²) in [5.74, 6) is 0.213. The lowest BCUT2D eigenvalue weighted by molar-refractivity contribution is 0.0216. The van der Waals surface area contributed by atoms with Crippen LogP contribution in [0, 0.1) is 5.92 Å². The third kappa shape index (κ3) is 3.14. The van der Waals surface area contributed by atoms with E-state index in [-0.39, 0.29) is 24.8 Å². The number of β-amino-alcohol motifs (C(OH)–C–C–N with tert-alkyl or cyclic N) is 1. The molecule has 0 aliphatic carbocycles. The van der Waals surface area contributed by atoms with E-state index >= 15 is 0 Å². The number of methoxy groups -OCH3 is 1. The van der Waals surface area contributed by atoms with E-state index in [4.69, 9.17) is 4.74 Å². The fraction of sp³-hybridized carbons (Fsp3) is 1.00. The van der Waals surface area contributed by atoms with E-state index < -0.39 is 22.2 Å². The molecule has 0 aromatic rings. The first kappa shape index (κ1) is 12.9. The predicted molar refractivity (Wildman–Crippen MR) is 57.0 cm³/mol. The Morgan fingerprint density at radius 1 is 1.47 bits per heavy atom. The Labute approximate surface area is 91.1 Å². The van der Waals surface area contributed by atoms with Crippen molar-refractivity contribution < 1.29 is 18.3 Å². The molecule has 1 fully saturated rings. The third-order valence-corrected chi connectivity index (χ3v) is 4.62. The van der Waals surface area contributed by atoms with Gasteiger partial charge in [-0.1, -0.05) is 13.8 Å². The molecular formula is C9H19NO4S. The van der Waals surface area contributed by atoms with Crippen molar-refractivity contribution in [3.63, 3.8) is 0 Å². The summed E-state index contributed by atoms with van der Waals surface area (Å²) in [6.45, 7) is 4.12. The number of nitrogens with zero attached hydrogens (tertiary/aromatic N) is 1. The van der Waals surface area contributed by atoms with E-state index in [1.165, 1.54) is 11.4 Å². The van der Waals surface area contributed by atoms with Gasteiger partial charge in [-0.2, -0.15) is 4.31 Å². The second-order valence-corrected chi connectivity index (χ2v) is 6.34. The molecule has 1 N–H and O–H groups in total. The van der Waals surface area contributed by atoms with Crippen molar-refractivity contribution in [1.82, 2.24) is 4.31 Å². The minimum atomic E-state index is -3.24. The van der Waals surface area contributed by atoms with Gasteiger partial charge >= 0.3 is 0 Å².